The zero-order chi connectivity index (χ0) is 26.3. The highest BCUT2D eigenvalue weighted by Gasteiger charge is 2.50. The van der Waals surface area contributed by atoms with Gasteiger partial charge >= 0.3 is 11.9 Å². The quantitative estimate of drug-likeness (QED) is 0.275. The lowest BCUT2D eigenvalue weighted by molar-refractivity contribution is -0.189. The van der Waals surface area contributed by atoms with Crippen molar-refractivity contribution in [2.24, 2.45) is 5.73 Å². The van der Waals surface area contributed by atoms with Gasteiger partial charge in [0.2, 0.25) is 5.60 Å². The van der Waals surface area contributed by atoms with E-state index in [-0.39, 0.29) is 30.8 Å². The van der Waals surface area contributed by atoms with Gasteiger partial charge in [-0.15, -0.1) is 0 Å². The van der Waals surface area contributed by atoms with Gasteiger partial charge in [-0.25, -0.2) is 9.78 Å². The van der Waals surface area contributed by atoms with Gasteiger partial charge in [0.1, 0.15) is 12.4 Å². The summed E-state index contributed by atoms with van der Waals surface area (Å²) in [6.45, 7) is 4.46. The largest absolute Gasteiger partial charge is 0.508 e. The van der Waals surface area contributed by atoms with E-state index in [2.05, 4.69) is 0 Å². The number of aromatic nitrogens is 2. The molecule has 5 rings (SSSR count). The van der Waals surface area contributed by atoms with Gasteiger partial charge in [-0.3, -0.25) is 9.59 Å². The number of aromatic hydroxyl groups is 1. The number of hydrogen-bond acceptors (Lipinski definition) is 8. The maximum absolute atomic E-state index is 13.7. The van der Waals surface area contributed by atoms with Crippen LogP contribution >= 0.6 is 0 Å². The average Bonchev–Trinajstić information content (AvgIpc) is 3.25. The summed E-state index contributed by atoms with van der Waals surface area (Å²) in [7, 11) is 0. The molecule has 2 aromatic heterocycles. The summed E-state index contributed by atoms with van der Waals surface area (Å²) in [5, 5.41) is 10.9. The van der Waals surface area contributed by atoms with Crippen LogP contribution in [-0.4, -0.2) is 33.1 Å². The van der Waals surface area contributed by atoms with E-state index in [1.54, 1.807) is 35.8 Å². The number of aryl methyl sites for hydroxylation is 1. The van der Waals surface area contributed by atoms with E-state index in [1.165, 1.54) is 0 Å². The first-order valence-electron chi connectivity index (χ1n) is 12.9. The van der Waals surface area contributed by atoms with Crippen LogP contribution in [0, 0.1) is 0 Å². The van der Waals surface area contributed by atoms with Gasteiger partial charge in [-0.2, -0.15) is 0 Å². The van der Waals surface area contributed by atoms with Gasteiger partial charge in [-0.05, 0) is 62.1 Å². The van der Waals surface area contributed by atoms with Gasteiger partial charge in [0.25, 0.3) is 5.56 Å². The zero-order valence-electron chi connectivity index (χ0n) is 21.1. The van der Waals surface area contributed by atoms with E-state index in [0.29, 0.717) is 54.0 Å². The van der Waals surface area contributed by atoms with Crippen molar-refractivity contribution in [2.45, 2.75) is 71.1 Å². The number of esters is 2. The maximum Gasteiger partial charge on any atom is 0.355 e. The molecule has 0 fully saturated rings. The van der Waals surface area contributed by atoms with Crippen LogP contribution in [0.2, 0.25) is 0 Å². The highest BCUT2D eigenvalue weighted by atomic mass is 16.6. The summed E-state index contributed by atoms with van der Waals surface area (Å²) in [4.78, 5) is 44.5. The number of ether oxygens (including phenoxy) is 2. The molecule has 37 heavy (non-hydrogen) atoms. The van der Waals surface area contributed by atoms with Crippen molar-refractivity contribution in [3.05, 3.63) is 56.9 Å². The van der Waals surface area contributed by atoms with Crippen LogP contribution in [0.5, 0.6) is 5.75 Å². The summed E-state index contributed by atoms with van der Waals surface area (Å²) in [6.07, 6.45) is 3.17. The molecule has 9 nitrogen and oxygen atoms in total. The molecule has 9 heteroatoms. The average molecular weight is 506 g/mol. The Hall–Kier alpha value is -3.72. The zero-order valence-corrected chi connectivity index (χ0v) is 21.1. The van der Waals surface area contributed by atoms with Gasteiger partial charge < -0.3 is 24.9 Å². The minimum atomic E-state index is -1.69. The summed E-state index contributed by atoms with van der Waals surface area (Å²) in [6, 6.07) is 6.80. The Bertz CT molecular complexity index is 1480. The Kier molecular flexibility index (Phi) is 6.49. The number of carbonyl (C=O) groups is 2. The molecule has 0 spiro atoms. The van der Waals surface area contributed by atoms with Crippen molar-refractivity contribution in [1.29, 1.82) is 0 Å². The van der Waals surface area contributed by atoms with Crippen molar-refractivity contribution >= 4 is 22.8 Å². The van der Waals surface area contributed by atoms with E-state index in [1.807, 2.05) is 6.92 Å². The van der Waals surface area contributed by atoms with Gasteiger partial charge in [0.15, 0.2) is 0 Å². The minimum absolute atomic E-state index is 0.133. The number of fused-ring (bicyclic) bond motifs is 5. The third-order valence-electron chi connectivity index (χ3n) is 7.48. The summed E-state index contributed by atoms with van der Waals surface area (Å²) >= 11 is 0. The number of phenolic OH excluding ortho intramolecular Hbond substituents is 1. The first-order chi connectivity index (χ1) is 17.8. The lowest BCUT2D eigenvalue weighted by Gasteiger charge is -2.35. The standard InChI is InChI=1S/C28H31N3O6/c1-3-17-18-12-16(32)9-10-22(18)30-25-19(17)14-31-23(25)13-21-20(26(31)34)15-36-27(35)28(21,4-2)37-24(33)8-6-5-7-11-29/h9-10,12-13,32H,3-8,11,14-15,29H2,1-2H3/t28-/m0/s1. The molecule has 0 bridgehead atoms. The summed E-state index contributed by atoms with van der Waals surface area (Å²) in [5.41, 5.74) is 8.10. The number of hydrogen-bond donors (Lipinski definition) is 2. The number of cyclic esters (lactones) is 1. The van der Waals surface area contributed by atoms with Crippen LogP contribution in [0.15, 0.2) is 29.1 Å². The van der Waals surface area contributed by atoms with Crippen molar-refractivity contribution in [1.82, 2.24) is 9.55 Å². The number of phenols is 1. The van der Waals surface area contributed by atoms with Crippen LogP contribution in [0.25, 0.3) is 22.3 Å². The number of pyridine rings is 2. The van der Waals surface area contributed by atoms with Crippen molar-refractivity contribution in [3.8, 4) is 17.1 Å². The molecule has 1 atom stereocenters. The first kappa shape index (κ1) is 25.0. The summed E-state index contributed by atoms with van der Waals surface area (Å²) < 4.78 is 12.9. The van der Waals surface area contributed by atoms with Crippen molar-refractivity contribution in [3.63, 3.8) is 0 Å². The number of carbonyl (C=O) groups excluding carboxylic acids is 2. The number of nitrogens with two attached hydrogens (primary N) is 1. The molecule has 0 amide bonds. The Labute approximate surface area is 214 Å². The molecule has 0 saturated heterocycles. The molecule has 0 aliphatic carbocycles. The lowest BCUT2D eigenvalue weighted by atomic mass is 9.85. The lowest BCUT2D eigenvalue weighted by Crippen LogP contribution is -2.47. The fourth-order valence-electron chi connectivity index (χ4n) is 5.55. The molecule has 3 N–H and O–H groups in total. The minimum Gasteiger partial charge on any atom is -0.508 e. The Balaban J connectivity index is 1.64. The topological polar surface area (TPSA) is 134 Å². The molecule has 1 aromatic carbocycles. The molecule has 2 aliphatic rings. The van der Waals surface area contributed by atoms with Gasteiger partial charge in [-0.1, -0.05) is 20.3 Å². The molecular formula is C28H31N3O6. The van der Waals surface area contributed by atoms with E-state index in [0.717, 1.165) is 29.4 Å². The first-order valence-corrected chi connectivity index (χ1v) is 12.9. The highest BCUT2D eigenvalue weighted by molar-refractivity contribution is 5.90. The van der Waals surface area contributed by atoms with Gasteiger partial charge in [0, 0.05) is 22.9 Å². The Morgan fingerprint density at radius 2 is 2.00 bits per heavy atom. The molecule has 2 aliphatic heterocycles. The molecular weight excluding hydrogens is 474 g/mol. The van der Waals surface area contributed by atoms with E-state index < -0.39 is 17.5 Å². The molecule has 3 aromatic rings. The normalized spacial score (nSPS) is 17.8. The maximum atomic E-state index is 13.7. The van der Waals surface area contributed by atoms with Crippen LogP contribution in [-0.2, 0) is 44.2 Å². The smallest absolute Gasteiger partial charge is 0.355 e. The van der Waals surface area contributed by atoms with Crippen molar-refractivity contribution in [2.75, 3.05) is 6.54 Å². The number of nitrogens with zero attached hydrogens (tertiary/aromatic N) is 2. The fraction of sp³-hybridized carbons (Fsp3) is 0.429. The second kappa shape index (κ2) is 9.63. The third kappa shape index (κ3) is 3.98. The Morgan fingerprint density at radius 3 is 2.73 bits per heavy atom. The van der Waals surface area contributed by atoms with E-state index >= 15 is 0 Å². The van der Waals surface area contributed by atoms with Crippen LogP contribution < -0.4 is 11.3 Å². The van der Waals surface area contributed by atoms with Crippen molar-refractivity contribution < 1.29 is 24.2 Å². The third-order valence-corrected chi connectivity index (χ3v) is 7.48. The SMILES string of the molecule is CCc1c2c(nc3ccc(O)cc13)-c1cc3c(c(=O)n1C2)COC(=O)[C@@]3(CC)OC(=O)CCCCCN. The van der Waals surface area contributed by atoms with Crippen LogP contribution in [0.1, 0.15) is 68.2 Å². The summed E-state index contributed by atoms with van der Waals surface area (Å²) in [5.74, 6) is -1.03. The number of rotatable bonds is 8. The van der Waals surface area contributed by atoms with E-state index in [9.17, 15) is 19.5 Å². The molecule has 194 valence electrons. The number of unbranched alkanes of at least 4 members (excludes halogenated alkanes) is 2. The number of benzene rings is 1. The Morgan fingerprint density at radius 1 is 1.19 bits per heavy atom. The van der Waals surface area contributed by atoms with Gasteiger partial charge in [0.05, 0.1) is 29.0 Å². The molecule has 4 heterocycles. The fourth-order valence-corrected chi connectivity index (χ4v) is 5.55. The molecule has 0 unspecified atom stereocenters. The van der Waals surface area contributed by atoms with Crippen LogP contribution in [0.3, 0.4) is 0 Å². The predicted octanol–water partition coefficient (Wildman–Crippen LogP) is 3.42. The second-order valence-corrected chi connectivity index (χ2v) is 9.62. The predicted molar refractivity (Wildman–Crippen MR) is 137 cm³/mol. The molecule has 0 radical (unpaired) electrons. The molecule has 0 saturated carbocycles. The second-order valence-electron chi connectivity index (χ2n) is 9.62. The van der Waals surface area contributed by atoms with E-state index in [4.69, 9.17) is 20.2 Å². The highest BCUT2D eigenvalue weighted by Crippen LogP contribution is 2.42. The monoisotopic (exact) mass is 505 g/mol. The van der Waals surface area contributed by atoms with Crippen LogP contribution in [0.4, 0.5) is 0 Å².